The summed E-state index contributed by atoms with van der Waals surface area (Å²) in [5.74, 6) is -0.285. The first kappa shape index (κ1) is 12.4. The van der Waals surface area contributed by atoms with Crippen molar-refractivity contribution in [2.75, 3.05) is 20.1 Å². The highest BCUT2D eigenvalue weighted by Gasteiger charge is 2.09. The molecule has 0 aliphatic rings. The van der Waals surface area contributed by atoms with Gasteiger partial charge >= 0.3 is 0 Å². The number of nitrogens with one attached hydrogen (secondary N) is 1. The van der Waals surface area contributed by atoms with E-state index in [0.717, 1.165) is 36.0 Å². The fourth-order valence-electron chi connectivity index (χ4n) is 1.89. The van der Waals surface area contributed by atoms with Crippen molar-refractivity contribution in [2.24, 2.45) is 0 Å². The molecule has 2 nitrogen and oxygen atoms in total. The van der Waals surface area contributed by atoms with Crippen LogP contribution in [-0.2, 0) is 6.42 Å². The van der Waals surface area contributed by atoms with Crippen LogP contribution < -0.4 is 0 Å². The van der Waals surface area contributed by atoms with Crippen LogP contribution >= 0.6 is 11.6 Å². The van der Waals surface area contributed by atoms with Crippen LogP contribution in [0.3, 0.4) is 0 Å². The zero-order valence-electron chi connectivity index (χ0n) is 10.1. The Morgan fingerprint density at radius 3 is 2.88 bits per heavy atom. The van der Waals surface area contributed by atoms with Gasteiger partial charge in [0.1, 0.15) is 5.82 Å². The average Bonchev–Trinajstić information content (AvgIpc) is 2.69. The van der Waals surface area contributed by atoms with Crippen LogP contribution in [0.25, 0.3) is 10.9 Å². The molecule has 0 unspecified atom stereocenters. The smallest absolute Gasteiger partial charge is 0.125 e. The lowest BCUT2D eigenvalue weighted by molar-refractivity contribution is 0.358. The standard InChI is InChI=1S/C13H16ClFN2/c1-3-17(2)5-4-9-8-16-13-11(9)6-10(15)7-12(13)14/h6-8,16H,3-5H2,1-2H3. The van der Waals surface area contributed by atoms with E-state index in [1.165, 1.54) is 6.07 Å². The minimum atomic E-state index is -0.285. The van der Waals surface area contributed by atoms with Gasteiger partial charge in [-0.2, -0.15) is 0 Å². The molecule has 4 heteroatoms. The van der Waals surface area contributed by atoms with E-state index in [0.29, 0.717) is 5.02 Å². The van der Waals surface area contributed by atoms with Crippen molar-refractivity contribution in [2.45, 2.75) is 13.3 Å². The number of likely N-dealkylation sites (N-methyl/N-ethyl adjacent to an activating group) is 1. The van der Waals surface area contributed by atoms with Gasteiger partial charge in [-0.25, -0.2) is 4.39 Å². The highest BCUT2D eigenvalue weighted by Crippen LogP contribution is 2.27. The van der Waals surface area contributed by atoms with Crippen molar-refractivity contribution in [3.05, 3.63) is 34.7 Å². The Balaban J connectivity index is 2.29. The van der Waals surface area contributed by atoms with Gasteiger partial charge in [-0.1, -0.05) is 18.5 Å². The summed E-state index contributed by atoms with van der Waals surface area (Å²) in [6.07, 6.45) is 2.81. The van der Waals surface area contributed by atoms with Gasteiger partial charge in [0.25, 0.3) is 0 Å². The first-order valence-corrected chi connectivity index (χ1v) is 6.13. The van der Waals surface area contributed by atoms with Gasteiger partial charge in [0, 0.05) is 18.1 Å². The summed E-state index contributed by atoms with van der Waals surface area (Å²) in [5, 5.41) is 1.33. The second-order valence-corrected chi connectivity index (χ2v) is 4.68. The molecule has 0 saturated carbocycles. The number of hydrogen-bond acceptors (Lipinski definition) is 1. The highest BCUT2D eigenvalue weighted by atomic mass is 35.5. The lowest BCUT2D eigenvalue weighted by Crippen LogP contribution is -2.20. The number of benzene rings is 1. The Hall–Kier alpha value is -1.06. The lowest BCUT2D eigenvalue weighted by atomic mass is 10.1. The molecule has 0 aliphatic heterocycles. The zero-order chi connectivity index (χ0) is 12.4. The molecule has 1 heterocycles. The topological polar surface area (TPSA) is 19.0 Å². The van der Waals surface area contributed by atoms with Crippen molar-refractivity contribution in [3.8, 4) is 0 Å². The molecule has 1 aromatic carbocycles. The Kier molecular flexibility index (Phi) is 3.69. The minimum absolute atomic E-state index is 0.285. The first-order valence-electron chi connectivity index (χ1n) is 5.75. The molecule has 1 aromatic heterocycles. The Labute approximate surface area is 105 Å². The molecular weight excluding hydrogens is 239 g/mol. The maximum Gasteiger partial charge on any atom is 0.125 e. The van der Waals surface area contributed by atoms with E-state index in [9.17, 15) is 4.39 Å². The van der Waals surface area contributed by atoms with Gasteiger partial charge in [-0.05, 0) is 37.7 Å². The van der Waals surface area contributed by atoms with E-state index in [-0.39, 0.29) is 5.82 Å². The maximum absolute atomic E-state index is 13.3. The molecule has 0 radical (unpaired) electrons. The third-order valence-corrected chi connectivity index (χ3v) is 3.39. The fraction of sp³-hybridized carbons (Fsp3) is 0.385. The summed E-state index contributed by atoms with van der Waals surface area (Å²) < 4.78 is 13.3. The van der Waals surface area contributed by atoms with Crippen molar-refractivity contribution < 1.29 is 4.39 Å². The van der Waals surface area contributed by atoms with Gasteiger partial charge in [-0.3, -0.25) is 0 Å². The number of hydrogen-bond donors (Lipinski definition) is 1. The Morgan fingerprint density at radius 1 is 1.41 bits per heavy atom. The SMILES string of the molecule is CCN(C)CCc1c[nH]c2c(Cl)cc(F)cc12. The normalized spacial score (nSPS) is 11.6. The molecule has 2 aromatic rings. The fourth-order valence-corrected chi connectivity index (χ4v) is 2.15. The predicted octanol–water partition coefficient (Wildman–Crippen LogP) is 3.45. The molecule has 0 spiro atoms. The van der Waals surface area contributed by atoms with E-state index in [1.807, 2.05) is 6.20 Å². The number of fused-ring (bicyclic) bond motifs is 1. The number of nitrogens with zero attached hydrogens (tertiary/aromatic N) is 1. The monoisotopic (exact) mass is 254 g/mol. The van der Waals surface area contributed by atoms with Crippen molar-refractivity contribution in [1.82, 2.24) is 9.88 Å². The van der Waals surface area contributed by atoms with E-state index in [1.54, 1.807) is 6.07 Å². The van der Waals surface area contributed by atoms with Crippen LogP contribution in [0.2, 0.25) is 5.02 Å². The third-order valence-electron chi connectivity index (χ3n) is 3.09. The van der Waals surface area contributed by atoms with Crippen LogP contribution in [0.4, 0.5) is 4.39 Å². The molecule has 1 N–H and O–H groups in total. The van der Waals surface area contributed by atoms with Gasteiger partial charge in [0.15, 0.2) is 0 Å². The number of halogens is 2. The quantitative estimate of drug-likeness (QED) is 0.885. The van der Waals surface area contributed by atoms with Crippen molar-refractivity contribution in [3.63, 3.8) is 0 Å². The first-order chi connectivity index (χ1) is 8.11. The van der Waals surface area contributed by atoms with Crippen LogP contribution in [0.5, 0.6) is 0 Å². The predicted molar refractivity (Wildman–Crippen MR) is 70.1 cm³/mol. The largest absolute Gasteiger partial charge is 0.360 e. The average molecular weight is 255 g/mol. The summed E-state index contributed by atoms with van der Waals surface area (Å²) in [5.41, 5.74) is 1.93. The van der Waals surface area contributed by atoms with E-state index >= 15 is 0 Å². The summed E-state index contributed by atoms with van der Waals surface area (Å²) in [7, 11) is 2.07. The van der Waals surface area contributed by atoms with Crippen LogP contribution in [0.1, 0.15) is 12.5 Å². The lowest BCUT2D eigenvalue weighted by Gasteiger charge is -2.12. The second-order valence-electron chi connectivity index (χ2n) is 4.27. The number of rotatable bonds is 4. The van der Waals surface area contributed by atoms with Crippen LogP contribution in [0.15, 0.2) is 18.3 Å². The van der Waals surface area contributed by atoms with Crippen LogP contribution in [0, 0.1) is 5.82 Å². The number of aromatic amines is 1. The minimum Gasteiger partial charge on any atom is -0.360 e. The number of H-pyrrole nitrogens is 1. The van der Waals surface area contributed by atoms with Crippen molar-refractivity contribution in [1.29, 1.82) is 0 Å². The molecule has 0 aliphatic carbocycles. The molecule has 0 bridgehead atoms. The van der Waals surface area contributed by atoms with Crippen molar-refractivity contribution >= 4 is 22.5 Å². The summed E-state index contributed by atoms with van der Waals surface area (Å²) in [6, 6.07) is 2.88. The molecule has 0 amide bonds. The Morgan fingerprint density at radius 2 is 2.18 bits per heavy atom. The van der Waals surface area contributed by atoms with Gasteiger partial charge < -0.3 is 9.88 Å². The number of aromatic nitrogens is 1. The van der Waals surface area contributed by atoms with Gasteiger partial charge in [0.05, 0.1) is 10.5 Å². The molecular formula is C13H16ClFN2. The van der Waals surface area contributed by atoms with E-state index in [2.05, 4.69) is 23.9 Å². The highest BCUT2D eigenvalue weighted by molar-refractivity contribution is 6.35. The van der Waals surface area contributed by atoms with E-state index < -0.39 is 0 Å². The zero-order valence-corrected chi connectivity index (χ0v) is 10.8. The third kappa shape index (κ3) is 2.61. The van der Waals surface area contributed by atoms with Crippen LogP contribution in [-0.4, -0.2) is 30.0 Å². The summed E-state index contributed by atoms with van der Waals surface area (Å²) in [6.45, 7) is 4.08. The molecule has 2 rings (SSSR count). The van der Waals surface area contributed by atoms with Gasteiger partial charge in [0.2, 0.25) is 0 Å². The maximum atomic E-state index is 13.3. The summed E-state index contributed by atoms with van der Waals surface area (Å²) in [4.78, 5) is 5.33. The molecule has 0 saturated heterocycles. The molecule has 92 valence electrons. The molecule has 0 fully saturated rings. The van der Waals surface area contributed by atoms with E-state index in [4.69, 9.17) is 11.6 Å². The molecule has 17 heavy (non-hydrogen) atoms. The summed E-state index contributed by atoms with van der Waals surface area (Å²) >= 11 is 5.98. The van der Waals surface area contributed by atoms with Gasteiger partial charge in [-0.15, -0.1) is 0 Å². The second kappa shape index (κ2) is 5.07. The molecule has 0 atom stereocenters. The Bertz CT molecular complexity index is 521.